The third-order valence-corrected chi connectivity index (χ3v) is 4.06. The van der Waals surface area contributed by atoms with Gasteiger partial charge in [0.15, 0.2) is 0 Å². The number of ether oxygens (including phenoxy) is 1. The Kier molecular flexibility index (Phi) is 4.09. The van der Waals surface area contributed by atoms with E-state index in [0.717, 1.165) is 35.4 Å². The number of hydrogen-bond donors (Lipinski definition) is 1. The standard InChI is InChI=1S/C15H23FN2O/c1-10-9-18-13(11(2)14(10)19-3)8-15(16)6-4-5-12(17)7-15/h9,12H,4-8,17H2,1-3H3. The molecule has 2 N–H and O–H groups in total. The van der Waals surface area contributed by atoms with Gasteiger partial charge in [-0.05, 0) is 39.5 Å². The average molecular weight is 266 g/mol. The molecular weight excluding hydrogens is 243 g/mol. The maximum absolute atomic E-state index is 14.9. The smallest absolute Gasteiger partial charge is 0.128 e. The van der Waals surface area contributed by atoms with Crippen LogP contribution >= 0.6 is 0 Å². The van der Waals surface area contributed by atoms with Gasteiger partial charge in [-0.2, -0.15) is 0 Å². The molecule has 0 bridgehead atoms. The van der Waals surface area contributed by atoms with Crippen molar-refractivity contribution in [2.75, 3.05) is 7.11 Å². The summed E-state index contributed by atoms with van der Waals surface area (Å²) in [5.41, 5.74) is 7.40. The maximum Gasteiger partial charge on any atom is 0.128 e. The highest BCUT2D eigenvalue weighted by Gasteiger charge is 2.36. The molecule has 0 aliphatic heterocycles. The van der Waals surface area contributed by atoms with Crippen LogP contribution in [0.3, 0.4) is 0 Å². The van der Waals surface area contributed by atoms with Crippen LogP contribution in [0.1, 0.15) is 42.5 Å². The van der Waals surface area contributed by atoms with Gasteiger partial charge >= 0.3 is 0 Å². The zero-order valence-electron chi connectivity index (χ0n) is 12.0. The van der Waals surface area contributed by atoms with Gasteiger partial charge in [-0.25, -0.2) is 4.39 Å². The summed E-state index contributed by atoms with van der Waals surface area (Å²) in [5, 5.41) is 0. The predicted molar refractivity (Wildman–Crippen MR) is 74.2 cm³/mol. The molecule has 2 unspecified atom stereocenters. The number of hydrogen-bond acceptors (Lipinski definition) is 3. The SMILES string of the molecule is COc1c(C)cnc(CC2(F)CCCC(N)C2)c1C. The van der Waals surface area contributed by atoms with Crippen molar-refractivity contribution in [1.82, 2.24) is 4.98 Å². The Bertz CT molecular complexity index is 464. The lowest BCUT2D eigenvalue weighted by molar-refractivity contribution is 0.0951. The van der Waals surface area contributed by atoms with Crippen LogP contribution < -0.4 is 10.5 Å². The number of alkyl halides is 1. The van der Waals surface area contributed by atoms with E-state index in [1.165, 1.54) is 0 Å². The second-order valence-electron chi connectivity index (χ2n) is 5.73. The molecule has 2 rings (SSSR count). The highest BCUT2D eigenvalue weighted by molar-refractivity contribution is 5.41. The molecule has 0 spiro atoms. The number of methoxy groups -OCH3 is 1. The van der Waals surface area contributed by atoms with Gasteiger partial charge in [-0.1, -0.05) is 0 Å². The zero-order chi connectivity index (χ0) is 14.0. The van der Waals surface area contributed by atoms with E-state index in [1.54, 1.807) is 13.3 Å². The molecule has 19 heavy (non-hydrogen) atoms. The minimum atomic E-state index is -1.21. The van der Waals surface area contributed by atoms with Gasteiger partial charge in [0.25, 0.3) is 0 Å². The molecule has 2 atom stereocenters. The highest BCUT2D eigenvalue weighted by atomic mass is 19.1. The molecule has 1 heterocycles. The molecule has 1 aliphatic rings. The predicted octanol–water partition coefficient (Wildman–Crippen LogP) is 2.86. The van der Waals surface area contributed by atoms with Crippen molar-refractivity contribution >= 4 is 0 Å². The molecule has 1 fully saturated rings. The lowest BCUT2D eigenvalue weighted by Gasteiger charge is -2.33. The molecular formula is C15H23FN2O. The molecule has 0 amide bonds. The number of pyridine rings is 1. The van der Waals surface area contributed by atoms with E-state index in [9.17, 15) is 4.39 Å². The Balaban J connectivity index is 2.23. The summed E-state index contributed by atoms with van der Waals surface area (Å²) < 4.78 is 20.2. The molecule has 0 radical (unpaired) electrons. The Hall–Kier alpha value is -1.16. The Morgan fingerprint density at radius 2 is 2.26 bits per heavy atom. The summed E-state index contributed by atoms with van der Waals surface area (Å²) in [6.07, 6.45) is 4.90. The van der Waals surface area contributed by atoms with Crippen molar-refractivity contribution < 1.29 is 9.13 Å². The number of halogens is 1. The van der Waals surface area contributed by atoms with Gasteiger partial charge in [0, 0.05) is 29.8 Å². The monoisotopic (exact) mass is 266 g/mol. The highest BCUT2D eigenvalue weighted by Crippen LogP contribution is 2.36. The fourth-order valence-corrected chi connectivity index (χ4v) is 3.07. The van der Waals surface area contributed by atoms with E-state index in [1.807, 2.05) is 13.8 Å². The normalized spacial score (nSPS) is 27.3. The van der Waals surface area contributed by atoms with Gasteiger partial charge < -0.3 is 10.5 Å². The van der Waals surface area contributed by atoms with Crippen molar-refractivity contribution in [1.29, 1.82) is 0 Å². The van der Waals surface area contributed by atoms with Crippen LogP contribution in [0.5, 0.6) is 5.75 Å². The molecule has 3 nitrogen and oxygen atoms in total. The topological polar surface area (TPSA) is 48.1 Å². The molecule has 106 valence electrons. The number of nitrogens with two attached hydrogens (primary N) is 1. The molecule has 1 aromatic heterocycles. The van der Waals surface area contributed by atoms with Crippen LogP contribution in [-0.2, 0) is 6.42 Å². The lowest BCUT2D eigenvalue weighted by atomic mass is 9.80. The largest absolute Gasteiger partial charge is 0.496 e. The van der Waals surface area contributed by atoms with Crippen LogP contribution in [0.2, 0.25) is 0 Å². The third kappa shape index (κ3) is 3.06. The van der Waals surface area contributed by atoms with Crippen LogP contribution in [0.4, 0.5) is 4.39 Å². The molecule has 1 saturated carbocycles. The van der Waals surface area contributed by atoms with Crippen LogP contribution in [0, 0.1) is 13.8 Å². The van der Waals surface area contributed by atoms with E-state index in [0.29, 0.717) is 19.3 Å². The summed E-state index contributed by atoms with van der Waals surface area (Å²) in [6, 6.07) is -0.0219. The minimum Gasteiger partial charge on any atom is -0.496 e. The summed E-state index contributed by atoms with van der Waals surface area (Å²) in [6.45, 7) is 3.89. The van der Waals surface area contributed by atoms with Crippen molar-refractivity contribution in [3.63, 3.8) is 0 Å². The van der Waals surface area contributed by atoms with Gasteiger partial charge in [0.1, 0.15) is 11.4 Å². The fourth-order valence-electron chi connectivity index (χ4n) is 3.07. The van der Waals surface area contributed by atoms with E-state index in [-0.39, 0.29) is 6.04 Å². The number of aromatic nitrogens is 1. The van der Waals surface area contributed by atoms with Crippen LogP contribution in [0.15, 0.2) is 6.20 Å². The number of rotatable bonds is 3. The first-order valence-electron chi connectivity index (χ1n) is 6.89. The minimum absolute atomic E-state index is 0.0219. The Morgan fingerprint density at radius 3 is 2.89 bits per heavy atom. The maximum atomic E-state index is 14.9. The van der Waals surface area contributed by atoms with E-state index in [4.69, 9.17) is 10.5 Å². The van der Waals surface area contributed by atoms with Gasteiger partial charge in [0.05, 0.1) is 12.8 Å². The van der Waals surface area contributed by atoms with Gasteiger partial charge in [0.2, 0.25) is 0 Å². The zero-order valence-corrected chi connectivity index (χ0v) is 12.0. The van der Waals surface area contributed by atoms with E-state index < -0.39 is 5.67 Å². The average Bonchev–Trinajstić information content (AvgIpc) is 2.33. The van der Waals surface area contributed by atoms with Crippen LogP contribution in [0.25, 0.3) is 0 Å². The quantitative estimate of drug-likeness (QED) is 0.915. The summed E-state index contributed by atoms with van der Waals surface area (Å²) >= 11 is 0. The third-order valence-electron chi connectivity index (χ3n) is 4.06. The van der Waals surface area contributed by atoms with E-state index in [2.05, 4.69) is 4.98 Å². The number of aryl methyl sites for hydroxylation is 1. The molecule has 1 aromatic rings. The van der Waals surface area contributed by atoms with E-state index >= 15 is 0 Å². The number of nitrogens with zero attached hydrogens (tertiary/aromatic N) is 1. The Morgan fingerprint density at radius 1 is 1.53 bits per heavy atom. The molecule has 0 aromatic carbocycles. The van der Waals surface area contributed by atoms with Gasteiger partial charge in [-0.3, -0.25) is 4.98 Å². The summed E-state index contributed by atoms with van der Waals surface area (Å²) in [7, 11) is 1.64. The van der Waals surface area contributed by atoms with Crippen molar-refractivity contribution in [2.45, 2.75) is 57.7 Å². The van der Waals surface area contributed by atoms with Crippen LogP contribution in [-0.4, -0.2) is 23.8 Å². The summed E-state index contributed by atoms with van der Waals surface area (Å²) in [5.74, 6) is 0.814. The first kappa shape index (κ1) is 14.3. The Labute approximate surface area is 114 Å². The summed E-state index contributed by atoms with van der Waals surface area (Å²) in [4.78, 5) is 4.39. The van der Waals surface area contributed by atoms with Crippen molar-refractivity contribution in [2.24, 2.45) is 5.73 Å². The first-order chi connectivity index (χ1) is 8.95. The van der Waals surface area contributed by atoms with Crippen molar-refractivity contribution in [3.05, 3.63) is 23.0 Å². The van der Waals surface area contributed by atoms with Gasteiger partial charge in [-0.15, -0.1) is 0 Å². The fraction of sp³-hybridized carbons (Fsp3) is 0.667. The molecule has 4 heteroatoms. The molecule has 1 aliphatic carbocycles. The first-order valence-corrected chi connectivity index (χ1v) is 6.89. The van der Waals surface area contributed by atoms with Crippen molar-refractivity contribution in [3.8, 4) is 5.75 Å². The molecule has 0 saturated heterocycles. The second kappa shape index (κ2) is 5.45. The lowest BCUT2D eigenvalue weighted by Crippen LogP contribution is -2.39. The second-order valence-corrected chi connectivity index (χ2v) is 5.73.